The molecule has 4 rings (SSSR count). The fourth-order valence-electron chi connectivity index (χ4n) is 3.76. The second kappa shape index (κ2) is 9.89. The Morgan fingerprint density at radius 1 is 0.606 bits per heavy atom. The largest absolute Gasteiger partial charge is 0.207 e. The summed E-state index contributed by atoms with van der Waals surface area (Å²) in [6, 6.07) is 15.7. The van der Waals surface area contributed by atoms with Crippen molar-refractivity contribution in [2.45, 2.75) is 13.8 Å². The summed E-state index contributed by atoms with van der Waals surface area (Å²) in [6.07, 6.45) is 0. The van der Waals surface area contributed by atoms with Crippen LogP contribution in [-0.2, 0) is 0 Å². The molecule has 0 N–H and O–H groups in total. The minimum Gasteiger partial charge on any atom is -0.207 e. The molecule has 0 unspecified atom stereocenters. The maximum atomic E-state index is 13.7. The van der Waals surface area contributed by atoms with Crippen LogP contribution in [0.2, 0.25) is 20.1 Å². The SMILES string of the molecule is Cc1cc(-c2c(Cl)c(-c3ccc(Br)c(Br)c3)c(Cl)c(Cl)c2-c2ccc(F)cc2)c(C)cc1Cl. The van der Waals surface area contributed by atoms with Crippen molar-refractivity contribution >= 4 is 78.3 Å². The minimum atomic E-state index is -0.344. The van der Waals surface area contributed by atoms with Crippen LogP contribution < -0.4 is 0 Å². The van der Waals surface area contributed by atoms with Crippen LogP contribution in [0.25, 0.3) is 33.4 Å². The zero-order chi connectivity index (χ0) is 24.0. The highest BCUT2D eigenvalue weighted by Gasteiger charge is 2.26. The van der Waals surface area contributed by atoms with Crippen LogP contribution in [0.15, 0.2) is 63.5 Å². The number of halogens is 7. The Labute approximate surface area is 228 Å². The fourth-order valence-corrected chi connectivity index (χ4v) is 5.64. The van der Waals surface area contributed by atoms with Gasteiger partial charge in [-0.1, -0.05) is 64.6 Å². The van der Waals surface area contributed by atoms with E-state index < -0.39 is 0 Å². The van der Waals surface area contributed by atoms with E-state index in [1.807, 2.05) is 44.2 Å². The smallest absolute Gasteiger partial charge is 0.123 e. The topological polar surface area (TPSA) is 0 Å². The zero-order valence-electron chi connectivity index (χ0n) is 17.3. The van der Waals surface area contributed by atoms with E-state index in [2.05, 4.69) is 31.9 Å². The van der Waals surface area contributed by atoms with Gasteiger partial charge in [0.1, 0.15) is 5.82 Å². The Bertz CT molecular complexity index is 1400. The van der Waals surface area contributed by atoms with Gasteiger partial charge in [-0.25, -0.2) is 4.39 Å². The number of rotatable bonds is 3. The van der Waals surface area contributed by atoms with E-state index in [1.165, 1.54) is 12.1 Å². The molecule has 0 aliphatic carbocycles. The molecule has 0 aliphatic heterocycles. The summed E-state index contributed by atoms with van der Waals surface area (Å²) in [5.41, 5.74) is 6.17. The molecule has 7 heteroatoms. The Kier molecular flexibility index (Phi) is 7.50. The summed E-state index contributed by atoms with van der Waals surface area (Å²) >= 11 is 34.3. The van der Waals surface area contributed by atoms with Crippen molar-refractivity contribution in [3.63, 3.8) is 0 Å². The van der Waals surface area contributed by atoms with E-state index >= 15 is 0 Å². The molecule has 0 spiro atoms. The fraction of sp³-hybridized carbons (Fsp3) is 0.0769. The number of aryl methyl sites for hydroxylation is 2. The molecule has 0 amide bonds. The highest BCUT2D eigenvalue weighted by Crippen LogP contribution is 2.52. The highest BCUT2D eigenvalue weighted by atomic mass is 79.9. The van der Waals surface area contributed by atoms with Crippen LogP contribution in [0, 0.1) is 19.7 Å². The van der Waals surface area contributed by atoms with Gasteiger partial charge in [-0.05, 0) is 110 Å². The summed E-state index contributed by atoms with van der Waals surface area (Å²) in [4.78, 5) is 0. The van der Waals surface area contributed by atoms with Crippen molar-refractivity contribution in [3.8, 4) is 33.4 Å². The molecule has 4 aromatic carbocycles. The summed E-state index contributed by atoms with van der Waals surface area (Å²) in [6.45, 7) is 3.89. The molecule has 0 bridgehead atoms. The molecule has 4 aromatic rings. The molecule has 168 valence electrons. The number of benzene rings is 4. The van der Waals surface area contributed by atoms with Crippen molar-refractivity contribution < 1.29 is 4.39 Å². The predicted octanol–water partition coefficient (Wildman–Crippen LogP) is 11.6. The van der Waals surface area contributed by atoms with Crippen LogP contribution in [0.5, 0.6) is 0 Å². The van der Waals surface area contributed by atoms with Crippen LogP contribution in [0.1, 0.15) is 11.1 Å². The van der Waals surface area contributed by atoms with E-state index in [-0.39, 0.29) is 5.82 Å². The van der Waals surface area contributed by atoms with E-state index in [0.29, 0.717) is 42.3 Å². The first-order chi connectivity index (χ1) is 15.6. The second-order valence-electron chi connectivity index (χ2n) is 7.62. The summed E-state index contributed by atoms with van der Waals surface area (Å²) in [7, 11) is 0. The van der Waals surface area contributed by atoms with E-state index in [4.69, 9.17) is 46.4 Å². The normalized spacial score (nSPS) is 11.2. The van der Waals surface area contributed by atoms with Crippen molar-refractivity contribution in [3.05, 3.63) is 101 Å². The van der Waals surface area contributed by atoms with E-state index in [0.717, 1.165) is 31.2 Å². The van der Waals surface area contributed by atoms with Gasteiger partial charge in [0.15, 0.2) is 0 Å². The van der Waals surface area contributed by atoms with Gasteiger partial charge in [-0.15, -0.1) is 0 Å². The first-order valence-electron chi connectivity index (χ1n) is 9.79. The van der Waals surface area contributed by atoms with Crippen molar-refractivity contribution in [1.82, 2.24) is 0 Å². The molecule has 0 aliphatic rings. The third-order valence-electron chi connectivity index (χ3n) is 5.44. The minimum absolute atomic E-state index is 0.322. The first-order valence-corrected chi connectivity index (χ1v) is 12.9. The van der Waals surface area contributed by atoms with Gasteiger partial charge >= 0.3 is 0 Å². The standard InChI is InChI=1S/C26H15Br2Cl4F/c1-12-10-20(29)13(2)9-17(12)23-21(14-3-6-16(33)7-4-14)25(31)26(32)22(24(23)30)15-5-8-18(27)19(28)11-15/h3-11H,1-2H3. The van der Waals surface area contributed by atoms with Crippen molar-refractivity contribution in [2.75, 3.05) is 0 Å². The molecule has 33 heavy (non-hydrogen) atoms. The average molecular weight is 648 g/mol. The molecule has 0 nitrogen and oxygen atoms in total. The van der Waals surface area contributed by atoms with Crippen LogP contribution in [-0.4, -0.2) is 0 Å². The lowest BCUT2D eigenvalue weighted by Gasteiger charge is -2.22. The molecule has 0 heterocycles. The lowest BCUT2D eigenvalue weighted by molar-refractivity contribution is 0.628. The summed E-state index contributed by atoms with van der Waals surface area (Å²) in [5, 5.41) is 1.77. The lowest BCUT2D eigenvalue weighted by Crippen LogP contribution is -1.97. The summed E-state index contributed by atoms with van der Waals surface area (Å²) in [5.74, 6) is -0.344. The molecule has 0 fully saturated rings. The molecule has 0 radical (unpaired) electrons. The van der Waals surface area contributed by atoms with Gasteiger partial charge in [-0.2, -0.15) is 0 Å². The van der Waals surface area contributed by atoms with Crippen LogP contribution in [0.4, 0.5) is 4.39 Å². The third-order valence-corrected chi connectivity index (χ3v) is 8.95. The van der Waals surface area contributed by atoms with E-state index in [9.17, 15) is 4.39 Å². The second-order valence-corrected chi connectivity index (χ2v) is 10.9. The molecule has 0 saturated heterocycles. The highest BCUT2D eigenvalue weighted by molar-refractivity contribution is 9.13. The monoisotopic (exact) mass is 644 g/mol. The lowest BCUT2D eigenvalue weighted by atomic mass is 9.88. The van der Waals surface area contributed by atoms with Gasteiger partial charge in [0.2, 0.25) is 0 Å². The van der Waals surface area contributed by atoms with Gasteiger partial charge in [-0.3, -0.25) is 0 Å². The van der Waals surface area contributed by atoms with Gasteiger partial charge in [0, 0.05) is 30.7 Å². The maximum absolute atomic E-state index is 13.7. The Balaban J connectivity index is 2.15. The third kappa shape index (κ3) is 4.74. The van der Waals surface area contributed by atoms with Gasteiger partial charge < -0.3 is 0 Å². The molecule has 0 saturated carbocycles. The molecule has 0 aromatic heterocycles. The van der Waals surface area contributed by atoms with Gasteiger partial charge in [0.05, 0.1) is 15.1 Å². The predicted molar refractivity (Wildman–Crippen MR) is 148 cm³/mol. The molecular formula is C26H15Br2Cl4F. The van der Waals surface area contributed by atoms with Crippen molar-refractivity contribution in [1.29, 1.82) is 0 Å². The van der Waals surface area contributed by atoms with Crippen molar-refractivity contribution in [2.24, 2.45) is 0 Å². The Morgan fingerprint density at radius 2 is 1.21 bits per heavy atom. The maximum Gasteiger partial charge on any atom is 0.123 e. The number of hydrogen-bond acceptors (Lipinski definition) is 0. The summed E-state index contributed by atoms with van der Waals surface area (Å²) < 4.78 is 15.4. The Hall–Kier alpha value is -1.07. The molecular weight excluding hydrogens is 633 g/mol. The van der Waals surface area contributed by atoms with E-state index in [1.54, 1.807) is 12.1 Å². The average Bonchev–Trinajstić information content (AvgIpc) is 2.77. The zero-order valence-corrected chi connectivity index (χ0v) is 23.5. The first kappa shape index (κ1) is 25.0. The van der Waals surface area contributed by atoms with Crippen LogP contribution >= 0.6 is 78.3 Å². The van der Waals surface area contributed by atoms with Crippen LogP contribution in [0.3, 0.4) is 0 Å². The Morgan fingerprint density at radius 3 is 1.85 bits per heavy atom. The quantitative estimate of drug-likeness (QED) is 0.194. The number of hydrogen-bond donors (Lipinski definition) is 0. The van der Waals surface area contributed by atoms with Gasteiger partial charge in [0.25, 0.3) is 0 Å². The molecule has 0 atom stereocenters.